The highest BCUT2D eigenvalue weighted by atomic mass is 16.4. The van der Waals surface area contributed by atoms with Crippen LogP contribution in [0.5, 0.6) is 0 Å². The maximum Gasteiger partial charge on any atom is 0.306 e. The van der Waals surface area contributed by atoms with E-state index in [0.29, 0.717) is 5.92 Å². The number of carboxylic acid groups (broad SMARTS) is 1. The third kappa shape index (κ3) is 32.6. The van der Waals surface area contributed by atoms with E-state index in [0.717, 1.165) is 19.3 Å². The van der Waals surface area contributed by atoms with Crippen molar-refractivity contribution < 1.29 is 9.90 Å². The van der Waals surface area contributed by atoms with Gasteiger partial charge in [0.1, 0.15) is 0 Å². The molecule has 2 unspecified atom stereocenters. The first-order chi connectivity index (χ1) is 21.7. The van der Waals surface area contributed by atoms with E-state index in [1.807, 2.05) is 0 Å². The van der Waals surface area contributed by atoms with Crippen molar-refractivity contribution in [2.45, 2.75) is 239 Å². The lowest BCUT2D eigenvalue weighted by Gasteiger charge is -2.21. The molecule has 0 aromatic heterocycles. The van der Waals surface area contributed by atoms with Crippen molar-refractivity contribution in [3.05, 3.63) is 12.2 Å². The molecule has 262 valence electrons. The van der Waals surface area contributed by atoms with Crippen LogP contribution in [0.2, 0.25) is 0 Å². The molecule has 0 amide bonds. The highest BCUT2D eigenvalue weighted by molar-refractivity contribution is 5.69. The number of hydrogen-bond donors (Lipinski definition) is 1. The van der Waals surface area contributed by atoms with Gasteiger partial charge in [-0.1, -0.05) is 213 Å². The molecule has 0 aliphatic rings. The maximum absolute atomic E-state index is 12.2. The van der Waals surface area contributed by atoms with Crippen molar-refractivity contribution in [2.75, 3.05) is 0 Å². The Morgan fingerprint density at radius 3 is 1.07 bits per heavy atom. The summed E-state index contributed by atoms with van der Waals surface area (Å²) in [7, 11) is 0. The van der Waals surface area contributed by atoms with Gasteiger partial charge in [0.25, 0.3) is 0 Å². The molecule has 2 atom stereocenters. The quantitative estimate of drug-likeness (QED) is 0.0555. The average Bonchev–Trinajstić information content (AvgIpc) is 3.02. The second-order valence-electron chi connectivity index (χ2n) is 14.4. The highest BCUT2D eigenvalue weighted by Crippen LogP contribution is 2.28. The van der Waals surface area contributed by atoms with E-state index in [1.54, 1.807) is 0 Å². The van der Waals surface area contributed by atoms with E-state index < -0.39 is 5.97 Å². The molecule has 44 heavy (non-hydrogen) atoms. The fourth-order valence-electron chi connectivity index (χ4n) is 6.90. The summed E-state index contributed by atoms with van der Waals surface area (Å²) in [5.41, 5.74) is 0. The van der Waals surface area contributed by atoms with Gasteiger partial charge in [-0.15, -0.1) is 0 Å². The molecule has 0 aromatic rings. The van der Waals surface area contributed by atoms with Gasteiger partial charge >= 0.3 is 5.97 Å². The minimum absolute atomic E-state index is 0.122. The van der Waals surface area contributed by atoms with Gasteiger partial charge in [-0.3, -0.25) is 4.79 Å². The lowest BCUT2D eigenvalue weighted by Crippen LogP contribution is -2.18. The molecule has 0 fully saturated rings. The minimum atomic E-state index is -0.533. The molecular formula is C42H82O2. The predicted octanol–water partition coefficient (Wildman–Crippen LogP) is 15.2. The average molecular weight is 619 g/mol. The monoisotopic (exact) mass is 619 g/mol. The summed E-state index contributed by atoms with van der Waals surface area (Å²) < 4.78 is 0. The van der Waals surface area contributed by atoms with Crippen LogP contribution in [0.25, 0.3) is 0 Å². The first-order valence-electron chi connectivity index (χ1n) is 20.5. The number of unbranched alkanes of at least 4 members (excludes halogenated alkanes) is 26. The predicted molar refractivity (Wildman–Crippen MR) is 198 cm³/mol. The normalized spacial score (nSPS) is 13.2. The van der Waals surface area contributed by atoms with Crippen LogP contribution >= 0.6 is 0 Å². The fourth-order valence-corrected chi connectivity index (χ4v) is 6.90. The summed E-state index contributed by atoms with van der Waals surface area (Å²) in [6, 6.07) is 0. The molecule has 0 heterocycles. The van der Waals surface area contributed by atoms with Gasteiger partial charge in [0.05, 0.1) is 5.92 Å². The van der Waals surface area contributed by atoms with Crippen molar-refractivity contribution >= 4 is 5.97 Å². The van der Waals surface area contributed by atoms with Gasteiger partial charge in [-0.2, -0.15) is 0 Å². The largest absolute Gasteiger partial charge is 0.481 e. The van der Waals surface area contributed by atoms with Crippen LogP contribution in [0.1, 0.15) is 239 Å². The second kappa shape index (κ2) is 36.7. The molecule has 0 bridgehead atoms. The number of carboxylic acids is 1. The fraction of sp³-hybridized carbons (Fsp3) is 0.929. The van der Waals surface area contributed by atoms with Crippen LogP contribution in [-0.4, -0.2) is 11.1 Å². The van der Waals surface area contributed by atoms with Crippen molar-refractivity contribution in [3.8, 4) is 0 Å². The van der Waals surface area contributed by atoms with E-state index in [-0.39, 0.29) is 5.92 Å². The molecule has 0 radical (unpaired) electrons. The number of aliphatic carboxylic acids is 1. The van der Waals surface area contributed by atoms with E-state index in [9.17, 15) is 9.90 Å². The third-order valence-corrected chi connectivity index (χ3v) is 9.96. The van der Waals surface area contributed by atoms with Crippen LogP contribution < -0.4 is 0 Å². The summed E-state index contributed by atoms with van der Waals surface area (Å²) in [6.07, 6.45) is 49.3. The Bertz CT molecular complexity index is 582. The first kappa shape index (κ1) is 43.2. The molecule has 2 heteroatoms. The molecule has 0 aromatic carbocycles. The van der Waals surface area contributed by atoms with E-state index >= 15 is 0 Å². The molecule has 1 N–H and O–H groups in total. The number of rotatable bonds is 37. The topological polar surface area (TPSA) is 37.3 Å². The zero-order valence-corrected chi connectivity index (χ0v) is 30.7. The highest BCUT2D eigenvalue weighted by Gasteiger charge is 2.22. The second-order valence-corrected chi connectivity index (χ2v) is 14.4. The lowest BCUT2D eigenvalue weighted by atomic mass is 9.84. The summed E-state index contributed by atoms with van der Waals surface area (Å²) in [5, 5.41) is 10.0. The molecule has 0 rings (SSSR count). The Balaban J connectivity index is 4.06. The van der Waals surface area contributed by atoms with Gasteiger partial charge in [0.15, 0.2) is 0 Å². The van der Waals surface area contributed by atoms with Crippen LogP contribution in [0.4, 0.5) is 0 Å². The van der Waals surface area contributed by atoms with Gasteiger partial charge in [0.2, 0.25) is 0 Å². The summed E-state index contributed by atoms with van der Waals surface area (Å²) in [5.74, 6) is -0.0362. The van der Waals surface area contributed by atoms with Gasteiger partial charge in [-0.25, -0.2) is 0 Å². The molecule has 2 nitrogen and oxygen atoms in total. The van der Waals surface area contributed by atoms with E-state index in [2.05, 4.69) is 32.9 Å². The van der Waals surface area contributed by atoms with Gasteiger partial charge < -0.3 is 5.11 Å². The Kier molecular flexibility index (Phi) is 36.0. The number of hydrogen-bond acceptors (Lipinski definition) is 1. The van der Waals surface area contributed by atoms with Gasteiger partial charge in [0, 0.05) is 0 Å². The van der Waals surface area contributed by atoms with Crippen molar-refractivity contribution in [3.63, 3.8) is 0 Å². The Labute approximate surface area is 278 Å². The number of allylic oxidation sites excluding steroid dienone is 2. The first-order valence-corrected chi connectivity index (χ1v) is 20.5. The molecule has 0 spiro atoms. The molecule has 0 saturated heterocycles. The maximum atomic E-state index is 12.2. The van der Waals surface area contributed by atoms with Crippen LogP contribution in [0.3, 0.4) is 0 Å². The molecule has 0 aliphatic heterocycles. The Morgan fingerprint density at radius 1 is 0.432 bits per heavy atom. The molecular weight excluding hydrogens is 536 g/mol. The summed E-state index contributed by atoms with van der Waals surface area (Å²) in [4.78, 5) is 12.2. The Hall–Kier alpha value is -0.790. The van der Waals surface area contributed by atoms with Crippen molar-refractivity contribution in [1.29, 1.82) is 0 Å². The van der Waals surface area contributed by atoms with Gasteiger partial charge in [-0.05, 0) is 44.4 Å². The number of carbonyl (C=O) groups is 1. The molecule has 0 aliphatic carbocycles. The smallest absolute Gasteiger partial charge is 0.306 e. The van der Waals surface area contributed by atoms with E-state index in [4.69, 9.17) is 0 Å². The standard InChI is InChI=1S/C42H82O2/c1-4-7-10-13-16-18-19-20-21-22-23-24-25-26-27-29-32-35-38-41(42(43)44)39-40(36-33-30-15-12-9-6-3)37-34-31-28-17-14-11-8-5-2/h20-21,40-41H,4-19,22-39H2,1-3H3,(H,43,44)/b21-20-. The Morgan fingerprint density at radius 2 is 0.727 bits per heavy atom. The van der Waals surface area contributed by atoms with E-state index in [1.165, 1.54) is 199 Å². The zero-order valence-electron chi connectivity index (χ0n) is 30.7. The SMILES string of the molecule is CCCCCCCC/C=C\CCCCCCCCCCC(CC(CCCCCCCC)CCCCCCCCCC)C(=O)O. The summed E-state index contributed by atoms with van der Waals surface area (Å²) in [6.45, 7) is 6.85. The third-order valence-electron chi connectivity index (χ3n) is 9.96. The lowest BCUT2D eigenvalue weighted by molar-refractivity contribution is -0.142. The molecule has 0 saturated carbocycles. The minimum Gasteiger partial charge on any atom is -0.481 e. The summed E-state index contributed by atoms with van der Waals surface area (Å²) >= 11 is 0. The van der Waals surface area contributed by atoms with Crippen LogP contribution in [-0.2, 0) is 4.79 Å². The van der Waals surface area contributed by atoms with Crippen LogP contribution in [0.15, 0.2) is 12.2 Å². The zero-order chi connectivity index (χ0) is 32.2. The van der Waals surface area contributed by atoms with Crippen LogP contribution in [0, 0.1) is 11.8 Å². The van der Waals surface area contributed by atoms with Crippen molar-refractivity contribution in [2.24, 2.45) is 11.8 Å². The van der Waals surface area contributed by atoms with Crippen molar-refractivity contribution in [1.82, 2.24) is 0 Å².